The van der Waals surface area contributed by atoms with Gasteiger partial charge in [-0.3, -0.25) is 14.4 Å². The summed E-state index contributed by atoms with van der Waals surface area (Å²) in [6.45, 7) is 1.36. The molecule has 0 bridgehead atoms. The van der Waals surface area contributed by atoms with E-state index in [1.165, 1.54) is 27.6 Å². The van der Waals surface area contributed by atoms with E-state index in [-0.39, 0.29) is 11.5 Å². The maximum atomic E-state index is 13.2. The van der Waals surface area contributed by atoms with Gasteiger partial charge in [-0.05, 0) is 32.6 Å². The summed E-state index contributed by atoms with van der Waals surface area (Å²) >= 11 is 1.33. The Labute approximate surface area is 168 Å². The van der Waals surface area contributed by atoms with Crippen LogP contribution in [-0.2, 0) is 29.0 Å². The van der Waals surface area contributed by atoms with E-state index in [1.54, 1.807) is 6.92 Å². The van der Waals surface area contributed by atoms with E-state index in [4.69, 9.17) is 4.74 Å². The van der Waals surface area contributed by atoms with E-state index in [2.05, 4.69) is 5.32 Å². The first kappa shape index (κ1) is 20.7. The van der Waals surface area contributed by atoms with Gasteiger partial charge in [0.1, 0.15) is 6.54 Å². The number of fused-ring (bicyclic) bond motifs is 2. The highest BCUT2D eigenvalue weighted by Gasteiger charge is 2.48. The van der Waals surface area contributed by atoms with E-state index in [0.717, 1.165) is 42.5 Å². The predicted octanol–water partition coefficient (Wildman–Crippen LogP) is 1.06. The number of carbonyl (C=O) groups excluding carboxylic acids is 3. The second kappa shape index (κ2) is 8.16. The molecular weight excluding hydrogens is 406 g/mol. The fraction of sp³-hybridized carbons (Fsp3) is 0.588. The summed E-state index contributed by atoms with van der Waals surface area (Å²) in [5.41, 5.74) is 0.833. The third-order valence-electron chi connectivity index (χ3n) is 4.68. The van der Waals surface area contributed by atoms with Crippen molar-refractivity contribution in [1.29, 1.82) is 0 Å². The van der Waals surface area contributed by atoms with Gasteiger partial charge in [-0.1, -0.05) is 6.42 Å². The highest BCUT2D eigenvalue weighted by atomic mass is 32.2. The van der Waals surface area contributed by atoms with E-state index < -0.39 is 40.1 Å². The van der Waals surface area contributed by atoms with Gasteiger partial charge in [-0.25, -0.2) is 17.8 Å². The van der Waals surface area contributed by atoms with Crippen LogP contribution in [0.15, 0.2) is 21.7 Å². The molecule has 9 nitrogen and oxygen atoms in total. The molecule has 11 heteroatoms. The molecule has 0 radical (unpaired) electrons. The SMILES string of the molecule is CCOC(=O)CNC(=O)C1C(=O)N2C3=C(CCCCC3)SN2C=C1S(C)(=O)=O. The van der Waals surface area contributed by atoms with Crippen LogP contribution < -0.4 is 5.32 Å². The number of amides is 2. The van der Waals surface area contributed by atoms with Crippen LogP contribution in [0.4, 0.5) is 0 Å². The Morgan fingerprint density at radius 1 is 1.29 bits per heavy atom. The Morgan fingerprint density at radius 2 is 2.00 bits per heavy atom. The van der Waals surface area contributed by atoms with Crippen molar-refractivity contribution in [2.75, 3.05) is 19.4 Å². The van der Waals surface area contributed by atoms with Crippen LogP contribution in [-0.4, -0.2) is 55.0 Å². The van der Waals surface area contributed by atoms with Gasteiger partial charge in [-0.2, -0.15) is 0 Å². The molecule has 0 saturated carbocycles. The zero-order valence-electron chi connectivity index (χ0n) is 15.8. The lowest BCUT2D eigenvalue weighted by Gasteiger charge is -2.35. The molecule has 0 aromatic heterocycles. The van der Waals surface area contributed by atoms with E-state index in [1.807, 2.05) is 0 Å². The van der Waals surface area contributed by atoms with Crippen LogP contribution in [0, 0.1) is 5.92 Å². The van der Waals surface area contributed by atoms with Crippen LogP contribution in [0.2, 0.25) is 0 Å². The van der Waals surface area contributed by atoms with Crippen molar-refractivity contribution in [2.24, 2.45) is 5.92 Å². The van der Waals surface area contributed by atoms with Crippen molar-refractivity contribution < 1.29 is 27.5 Å². The van der Waals surface area contributed by atoms with Crippen molar-refractivity contribution >= 4 is 39.6 Å². The van der Waals surface area contributed by atoms with E-state index in [9.17, 15) is 22.8 Å². The molecule has 0 saturated heterocycles. The summed E-state index contributed by atoms with van der Waals surface area (Å²) < 4.78 is 30.8. The Balaban J connectivity index is 1.90. The van der Waals surface area contributed by atoms with Crippen LogP contribution in [0.5, 0.6) is 0 Å². The second-order valence-corrected chi connectivity index (χ2v) is 9.80. The van der Waals surface area contributed by atoms with Gasteiger partial charge >= 0.3 is 5.97 Å². The smallest absolute Gasteiger partial charge is 0.325 e. The number of esters is 1. The fourth-order valence-corrected chi connectivity index (χ4v) is 5.58. The number of rotatable bonds is 5. The highest BCUT2D eigenvalue weighted by Crippen LogP contribution is 2.47. The van der Waals surface area contributed by atoms with Crippen LogP contribution >= 0.6 is 11.9 Å². The molecule has 28 heavy (non-hydrogen) atoms. The van der Waals surface area contributed by atoms with Crippen molar-refractivity contribution in [3.8, 4) is 0 Å². The van der Waals surface area contributed by atoms with Gasteiger partial charge in [0.2, 0.25) is 5.91 Å². The van der Waals surface area contributed by atoms with Gasteiger partial charge in [0.05, 0.1) is 23.4 Å². The largest absolute Gasteiger partial charge is 0.465 e. The summed E-state index contributed by atoms with van der Waals surface area (Å²) in [6, 6.07) is 0. The lowest BCUT2D eigenvalue weighted by molar-refractivity contribution is -0.148. The van der Waals surface area contributed by atoms with Crippen LogP contribution in [0.1, 0.15) is 39.0 Å². The van der Waals surface area contributed by atoms with Gasteiger partial charge in [-0.15, -0.1) is 0 Å². The minimum Gasteiger partial charge on any atom is -0.465 e. The van der Waals surface area contributed by atoms with Gasteiger partial charge < -0.3 is 10.1 Å². The Bertz CT molecular complexity index is 864. The average molecular weight is 430 g/mol. The lowest BCUT2D eigenvalue weighted by Crippen LogP contribution is -2.51. The van der Waals surface area contributed by atoms with Crippen molar-refractivity contribution in [3.05, 3.63) is 21.7 Å². The summed E-state index contributed by atoms with van der Waals surface area (Å²) in [7, 11) is -3.82. The minimum atomic E-state index is -3.82. The molecule has 0 fully saturated rings. The number of carbonyl (C=O) groups is 3. The van der Waals surface area contributed by atoms with Crippen LogP contribution in [0.25, 0.3) is 0 Å². The van der Waals surface area contributed by atoms with Crippen molar-refractivity contribution in [3.63, 3.8) is 0 Å². The first-order chi connectivity index (χ1) is 13.2. The molecule has 2 aliphatic heterocycles. The zero-order chi connectivity index (χ0) is 20.5. The third kappa shape index (κ3) is 4.04. The topological polar surface area (TPSA) is 113 Å². The molecule has 1 N–H and O–H groups in total. The van der Waals surface area contributed by atoms with Crippen LogP contribution in [0.3, 0.4) is 0 Å². The molecule has 1 atom stereocenters. The van der Waals surface area contributed by atoms with Crippen molar-refractivity contribution in [2.45, 2.75) is 39.0 Å². The number of nitrogens with one attached hydrogen (secondary N) is 1. The zero-order valence-corrected chi connectivity index (χ0v) is 17.4. The number of hydrogen-bond donors (Lipinski definition) is 1. The Hall–Kier alpha value is -2.01. The predicted molar refractivity (Wildman–Crippen MR) is 102 cm³/mol. The molecule has 2 heterocycles. The molecule has 0 aromatic carbocycles. The van der Waals surface area contributed by atoms with Gasteiger partial charge in [0, 0.05) is 23.1 Å². The number of hydrazine groups is 1. The molecule has 3 aliphatic rings. The fourth-order valence-electron chi connectivity index (χ4n) is 3.40. The quantitative estimate of drug-likeness (QED) is 0.392. The molecule has 3 rings (SSSR count). The molecular formula is C17H23N3O6S2. The van der Waals surface area contributed by atoms with Crippen molar-refractivity contribution in [1.82, 2.24) is 14.7 Å². The molecule has 2 amide bonds. The standard InChI is InChI=1S/C17H23N3O6S2/c1-3-26-14(21)9-18-16(22)15-13(28(2,24)25)10-19-20(17(15)23)11-7-5-4-6-8-12(11)27-19/h10,15H,3-9H2,1-2H3,(H,18,22). The molecule has 154 valence electrons. The normalized spacial score (nSPS) is 22.3. The number of nitrogens with zero attached hydrogens (tertiary/aromatic N) is 2. The van der Waals surface area contributed by atoms with Gasteiger partial charge in [0.15, 0.2) is 15.8 Å². The molecule has 1 unspecified atom stereocenters. The number of allylic oxidation sites excluding steroid dienone is 2. The molecule has 0 spiro atoms. The highest BCUT2D eigenvalue weighted by molar-refractivity contribution is 8.01. The second-order valence-electron chi connectivity index (χ2n) is 6.73. The van der Waals surface area contributed by atoms with E-state index >= 15 is 0 Å². The summed E-state index contributed by atoms with van der Waals surface area (Å²) in [6.07, 6.45) is 6.82. The summed E-state index contributed by atoms with van der Waals surface area (Å²) in [4.78, 5) is 38.1. The lowest BCUT2D eigenvalue weighted by atomic mass is 10.0. The minimum absolute atomic E-state index is 0.155. The van der Waals surface area contributed by atoms with Gasteiger partial charge in [0.25, 0.3) is 5.91 Å². The maximum Gasteiger partial charge on any atom is 0.325 e. The Morgan fingerprint density at radius 3 is 2.68 bits per heavy atom. The summed E-state index contributed by atoms with van der Waals surface area (Å²) in [5.74, 6) is -3.64. The Kier molecular flexibility index (Phi) is 6.04. The average Bonchev–Trinajstić information content (AvgIpc) is 2.81. The summed E-state index contributed by atoms with van der Waals surface area (Å²) in [5, 5.41) is 3.74. The molecule has 0 aromatic rings. The first-order valence-corrected chi connectivity index (χ1v) is 11.8. The first-order valence-electron chi connectivity index (χ1n) is 9.12. The number of sulfone groups is 1. The van der Waals surface area contributed by atoms with E-state index in [0.29, 0.717) is 6.42 Å². The monoisotopic (exact) mass is 429 g/mol. The third-order valence-corrected chi connectivity index (χ3v) is 6.99. The molecule has 1 aliphatic carbocycles. The number of ether oxygens (including phenoxy) is 1. The number of hydrogen-bond acceptors (Lipinski definition) is 8. The maximum absolute atomic E-state index is 13.2.